The highest BCUT2D eigenvalue weighted by molar-refractivity contribution is 5.78. The molecular weight excluding hydrogens is 275 g/mol. The van der Waals surface area contributed by atoms with Gasteiger partial charge in [-0.3, -0.25) is 9.18 Å². The molecule has 0 saturated carbocycles. The van der Waals surface area contributed by atoms with Crippen LogP contribution in [0.15, 0.2) is 29.4 Å². The summed E-state index contributed by atoms with van der Waals surface area (Å²) in [5.41, 5.74) is 10.0. The number of rotatable bonds is 7. The third kappa shape index (κ3) is 4.73. The topological polar surface area (TPSA) is 78.3 Å². The molecule has 0 bridgehead atoms. The predicted octanol–water partition coefficient (Wildman–Crippen LogP) is 2.65. The molecule has 0 radical (unpaired) electrons. The summed E-state index contributed by atoms with van der Waals surface area (Å²) in [4.78, 5) is 15.8. The van der Waals surface area contributed by atoms with Gasteiger partial charge < -0.3 is 9.64 Å². The molecule has 114 valence electrons. The van der Waals surface area contributed by atoms with Crippen LogP contribution in [-0.4, -0.2) is 44.7 Å². The zero-order valence-electron chi connectivity index (χ0n) is 12.4. The van der Waals surface area contributed by atoms with Gasteiger partial charge in [0.25, 0.3) is 0 Å². The van der Waals surface area contributed by atoms with Gasteiger partial charge in [-0.1, -0.05) is 29.4 Å². The van der Waals surface area contributed by atoms with Crippen molar-refractivity contribution in [3.05, 3.63) is 45.8 Å². The Balaban J connectivity index is 2.88. The van der Waals surface area contributed by atoms with Gasteiger partial charge in [0.2, 0.25) is 5.91 Å². The van der Waals surface area contributed by atoms with Gasteiger partial charge in [-0.15, -0.1) is 0 Å². The first-order chi connectivity index (χ1) is 10.0. The Morgan fingerprint density at radius 1 is 1.43 bits per heavy atom. The molecule has 0 aliphatic rings. The second-order valence-electron chi connectivity index (χ2n) is 4.79. The first-order valence-electron chi connectivity index (χ1n) is 6.45. The molecule has 6 nitrogen and oxygen atoms in total. The number of carbonyl (C=O) groups is 1. The van der Waals surface area contributed by atoms with Crippen LogP contribution in [0, 0.1) is 0 Å². The highest BCUT2D eigenvalue weighted by atomic mass is 19.1. The van der Waals surface area contributed by atoms with Crippen LogP contribution >= 0.6 is 0 Å². The quantitative estimate of drug-likeness (QED) is 0.440. The van der Waals surface area contributed by atoms with E-state index in [-0.39, 0.29) is 5.91 Å². The van der Waals surface area contributed by atoms with E-state index in [1.54, 1.807) is 38.4 Å². The lowest BCUT2D eigenvalue weighted by Crippen LogP contribution is -2.23. The number of ether oxygens (including phenoxy) is 1. The molecule has 0 saturated heterocycles. The van der Waals surface area contributed by atoms with Crippen LogP contribution < -0.4 is 0 Å². The highest BCUT2D eigenvalue weighted by Gasteiger charge is 2.22. The van der Waals surface area contributed by atoms with Gasteiger partial charge in [0.15, 0.2) is 0 Å². The molecule has 1 aromatic rings. The first-order valence-corrected chi connectivity index (χ1v) is 6.45. The zero-order valence-corrected chi connectivity index (χ0v) is 12.4. The van der Waals surface area contributed by atoms with Crippen LogP contribution in [0.1, 0.15) is 17.2 Å². The highest BCUT2D eigenvalue weighted by Crippen LogP contribution is 2.24. The molecule has 1 rings (SSSR count). The number of benzene rings is 1. The molecule has 1 aromatic carbocycles. The first kappa shape index (κ1) is 16.9. The van der Waals surface area contributed by atoms with Crippen molar-refractivity contribution < 1.29 is 13.9 Å². The summed E-state index contributed by atoms with van der Waals surface area (Å²) < 4.78 is 18.1. The molecule has 0 aliphatic heterocycles. The Morgan fingerprint density at radius 3 is 2.48 bits per heavy atom. The third-order valence-corrected chi connectivity index (χ3v) is 3.12. The molecule has 0 heterocycles. The summed E-state index contributed by atoms with van der Waals surface area (Å²) in [5.74, 6) is 0.00163. The van der Waals surface area contributed by atoms with Crippen molar-refractivity contribution in [3.8, 4) is 0 Å². The standard InChI is InChI=1S/C14H19FN4O2/c1-19(2)13(20)8-10-4-6-11(7-5-10)14(21-3)12(9-15)17-18-16/h4-7,12,14H,8-9H2,1-3H3/t12-,14-/m1/s1. The molecule has 0 fully saturated rings. The fourth-order valence-corrected chi connectivity index (χ4v) is 1.91. The largest absolute Gasteiger partial charge is 0.376 e. The minimum Gasteiger partial charge on any atom is -0.376 e. The fraction of sp³-hybridized carbons (Fsp3) is 0.500. The number of hydrogen-bond acceptors (Lipinski definition) is 3. The van der Waals surface area contributed by atoms with Gasteiger partial charge in [0, 0.05) is 26.1 Å². The Morgan fingerprint density at radius 2 is 2.05 bits per heavy atom. The summed E-state index contributed by atoms with van der Waals surface area (Å²) >= 11 is 0. The van der Waals surface area contributed by atoms with Gasteiger partial charge in [-0.05, 0) is 16.7 Å². The van der Waals surface area contributed by atoms with Crippen LogP contribution in [0.3, 0.4) is 0 Å². The van der Waals surface area contributed by atoms with E-state index in [4.69, 9.17) is 10.3 Å². The Kier molecular flexibility index (Phi) is 6.65. The van der Waals surface area contributed by atoms with Crippen molar-refractivity contribution in [2.24, 2.45) is 5.11 Å². The smallest absolute Gasteiger partial charge is 0.226 e. The maximum atomic E-state index is 12.9. The second-order valence-corrected chi connectivity index (χ2v) is 4.79. The van der Waals surface area contributed by atoms with E-state index in [9.17, 15) is 9.18 Å². The minimum absolute atomic E-state index is 0.00163. The van der Waals surface area contributed by atoms with E-state index >= 15 is 0 Å². The Hall–Kier alpha value is -2.11. The lowest BCUT2D eigenvalue weighted by atomic mass is 10.0. The zero-order chi connectivity index (χ0) is 15.8. The molecule has 2 atom stereocenters. The van der Waals surface area contributed by atoms with Gasteiger partial charge in [0.05, 0.1) is 18.6 Å². The summed E-state index contributed by atoms with van der Waals surface area (Å²) in [5, 5.41) is 3.40. The van der Waals surface area contributed by atoms with E-state index in [1.807, 2.05) is 0 Å². The predicted molar refractivity (Wildman–Crippen MR) is 77.5 cm³/mol. The van der Waals surface area contributed by atoms with Crippen molar-refractivity contribution in [2.75, 3.05) is 27.9 Å². The lowest BCUT2D eigenvalue weighted by Gasteiger charge is -2.20. The number of likely N-dealkylation sites (N-methyl/N-ethyl adjacent to an activating group) is 1. The molecule has 0 spiro atoms. The van der Waals surface area contributed by atoms with Crippen LogP contribution in [0.5, 0.6) is 0 Å². The van der Waals surface area contributed by atoms with E-state index < -0.39 is 18.8 Å². The van der Waals surface area contributed by atoms with Crippen LogP contribution in [-0.2, 0) is 16.0 Å². The number of nitrogens with zero attached hydrogens (tertiary/aromatic N) is 4. The lowest BCUT2D eigenvalue weighted by molar-refractivity contribution is -0.127. The van der Waals surface area contributed by atoms with Crippen molar-refractivity contribution in [2.45, 2.75) is 18.6 Å². The van der Waals surface area contributed by atoms with Gasteiger partial charge >= 0.3 is 0 Å². The summed E-state index contributed by atoms with van der Waals surface area (Å²) in [6.07, 6.45) is -0.349. The fourth-order valence-electron chi connectivity index (χ4n) is 1.91. The molecule has 0 aromatic heterocycles. The molecule has 0 aliphatic carbocycles. The number of halogens is 1. The van der Waals surface area contributed by atoms with Crippen LogP contribution in [0.25, 0.3) is 10.4 Å². The van der Waals surface area contributed by atoms with Gasteiger partial charge in [-0.2, -0.15) is 0 Å². The van der Waals surface area contributed by atoms with E-state index in [0.29, 0.717) is 12.0 Å². The molecule has 7 heteroatoms. The molecule has 21 heavy (non-hydrogen) atoms. The van der Waals surface area contributed by atoms with Gasteiger partial charge in [0.1, 0.15) is 6.67 Å². The number of alkyl halides is 1. The molecule has 1 amide bonds. The SMILES string of the molecule is CO[C@H](c1ccc(CC(=O)N(C)C)cc1)[C@@H](CF)N=[N+]=[N-]. The number of amides is 1. The number of carbonyl (C=O) groups excluding carboxylic acids is 1. The monoisotopic (exact) mass is 294 g/mol. The van der Waals surface area contributed by atoms with Crippen LogP contribution in [0.4, 0.5) is 4.39 Å². The summed E-state index contributed by atoms with van der Waals surface area (Å²) in [6, 6.07) is 6.17. The normalized spacial score (nSPS) is 13.1. The van der Waals surface area contributed by atoms with Crippen molar-refractivity contribution in [1.29, 1.82) is 0 Å². The molecule has 0 unspecified atom stereocenters. The average Bonchev–Trinajstić information content (AvgIpc) is 2.48. The molecule has 0 N–H and O–H groups in total. The van der Waals surface area contributed by atoms with E-state index in [2.05, 4.69) is 10.0 Å². The van der Waals surface area contributed by atoms with E-state index in [1.165, 1.54) is 12.0 Å². The Labute approximate surface area is 123 Å². The van der Waals surface area contributed by atoms with Crippen molar-refractivity contribution in [1.82, 2.24) is 4.90 Å². The summed E-state index contributed by atoms with van der Waals surface area (Å²) in [7, 11) is 4.83. The number of azide groups is 1. The van der Waals surface area contributed by atoms with Gasteiger partial charge in [-0.25, -0.2) is 0 Å². The number of methoxy groups -OCH3 is 1. The third-order valence-electron chi connectivity index (χ3n) is 3.12. The Bertz CT molecular complexity index is 512. The summed E-state index contributed by atoms with van der Waals surface area (Å²) in [6.45, 7) is -0.802. The minimum atomic E-state index is -0.908. The van der Waals surface area contributed by atoms with Crippen LogP contribution in [0.2, 0.25) is 0 Å². The van der Waals surface area contributed by atoms with Crippen molar-refractivity contribution >= 4 is 5.91 Å². The average molecular weight is 294 g/mol. The molecular formula is C14H19FN4O2. The maximum absolute atomic E-state index is 12.9. The maximum Gasteiger partial charge on any atom is 0.226 e. The van der Waals surface area contributed by atoms with E-state index in [0.717, 1.165) is 5.56 Å². The number of hydrogen-bond donors (Lipinski definition) is 0. The van der Waals surface area contributed by atoms with Crippen molar-refractivity contribution in [3.63, 3.8) is 0 Å². The second kappa shape index (κ2) is 8.24.